The summed E-state index contributed by atoms with van der Waals surface area (Å²) in [6.07, 6.45) is 4.44. The molecule has 0 radical (unpaired) electrons. The Hall–Kier alpha value is -3.36. The van der Waals surface area contributed by atoms with Crippen molar-refractivity contribution in [3.63, 3.8) is 0 Å². The van der Waals surface area contributed by atoms with E-state index in [4.69, 9.17) is 21.4 Å². The van der Waals surface area contributed by atoms with Crippen LogP contribution in [0.3, 0.4) is 0 Å². The van der Waals surface area contributed by atoms with Crippen LogP contribution in [-0.2, 0) is 27.4 Å². The maximum atomic E-state index is 13.3. The molecule has 2 aromatic rings. The molecule has 0 unspecified atom stereocenters. The van der Waals surface area contributed by atoms with Crippen molar-refractivity contribution >= 4 is 52.1 Å². The van der Waals surface area contributed by atoms with E-state index in [1.165, 1.54) is 16.7 Å². The number of anilines is 1. The van der Waals surface area contributed by atoms with E-state index in [9.17, 15) is 19.6 Å². The van der Waals surface area contributed by atoms with Crippen LogP contribution < -0.4 is 10.5 Å². The monoisotopic (exact) mass is 540 g/mol. The van der Waals surface area contributed by atoms with Crippen molar-refractivity contribution < 1.29 is 18.7 Å². The van der Waals surface area contributed by atoms with Crippen molar-refractivity contribution in [2.24, 2.45) is 5.92 Å². The van der Waals surface area contributed by atoms with Crippen molar-refractivity contribution in [3.8, 4) is 6.07 Å². The molecule has 0 bridgehead atoms. The van der Waals surface area contributed by atoms with Crippen molar-refractivity contribution in [2.75, 3.05) is 24.6 Å². The van der Waals surface area contributed by atoms with Crippen LogP contribution in [0.15, 0.2) is 32.5 Å². The molecule has 0 aromatic carbocycles. The number of ether oxygens (including phenoxy) is 1. The largest absolute Gasteiger partial charge is 0.467 e. The zero-order valence-corrected chi connectivity index (χ0v) is 22.6. The number of piperidine rings is 1. The number of thiocarbonyl (C=S) groups is 1. The Balaban J connectivity index is 1.74. The van der Waals surface area contributed by atoms with Crippen LogP contribution in [0.2, 0.25) is 0 Å². The molecule has 0 aliphatic carbocycles. The summed E-state index contributed by atoms with van der Waals surface area (Å²) in [5.41, 5.74) is 0.818. The minimum absolute atomic E-state index is 0.0457. The number of pyridine rings is 1. The number of carbonyl (C=O) groups is 2. The van der Waals surface area contributed by atoms with Gasteiger partial charge >= 0.3 is 5.97 Å². The number of amides is 1. The van der Waals surface area contributed by atoms with Gasteiger partial charge in [0, 0.05) is 25.2 Å². The lowest BCUT2D eigenvalue weighted by Crippen LogP contribution is -2.41. The quantitative estimate of drug-likeness (QED) is 0.294. The van der Waals surface area contributed by atoms with Gasteiger partial charge in [-0.2, -0.15) is 5.26 Å². The second-order valence-corrected chi connectivity index (χ2v) is 10.4. The highest BCUT2D eigenvalue weighted by atomic mass is 32.2. The highest BCUT2D eigenvalue weighted by Gasteiger charge is 2.34. The van der Waals surface area contributed by atoms with E-state index >= 15 is 0 Å². The van der Waals surface area contributed by atoms with Gasteiger partial charge in [0.2, 0.25) is 0 Å². The van der Waals surface area contributed by atoms with E-state index in [0.29, 0.717) is 71.0 Å². The Kier molecular flexibility index (Phi) is 8.19. The number of hydrogen-bond donors (Lipinski definition) is 0. The van der Waals surface area contributed by atoms with Gasteiger partial charge in [-0.25, -0.2) is 0 Å². The molecule has 2 aliphatic heterocycles. The molecular weight excluding hydrogens is 512 g/mol. The summed E-state index contributed by atoms with van der Waals surface area (Å²) in [5.74, 6) is 0.601. The fourth-order valence-corrected chi connectivity index (χ4v) is 5.93. The van der Waals surface area contributed by atoms with Crippen molar-refractivity contribution in [1.82, 2.24) is 9.47 Å². The minimum atomic E-state index is -0.368. The van der Waals surface area contributed by atoms with Crippen LogP contribution in [0.1, 0.15) is 49.1 Å². The van der Waals surface area contributed by atoms with Crippen LogP contribution in [0.4, 0.5) is 5.82 Å². The van der Waals surface area contributed by atoms with Gasteiger partial charge in [-0.3, -0.25) is 23.9 Å². The topological polar surface area (TPSA) is 109 Å². The molecule has 2 saturated heterocycles. The number of carbonyl (C=O) groups excluding carboxylic acids is 2. The third-order valence-corrected chi connectivity index (χ3v) is 8.00. The minimum Gasteiger partial charge on any atom is -0.467 e. The predicted molar refractivity (Wildman–Crippen MR) is 145 cm³/mol. The van der Waals surface area contributed by atoms with Gasteiger partial charge in [0.15, 0.2) is 0 Å². The maximum absolute atomic E-state index is 13.3. The van der Waals surface area contributed by atoms with E-state index < -0.39 is 0 Å². The van der Waals surface area contributed by atoms with Crippen LogP contribution in [0, 0.1) is 24.2 Å². The van der Waals surface area contributed by atoms with E-state index in [-0.39, 0.29) is 35.5 Å². The molecule has 9 nitrogen and oxygen atoms in total. The van der Waals surface area contributed by atoms with Gasteiger partial charge in [0.1, 0.15) is 27.5 Å². The summed E-state index contributed by atoms with van der Waals surface area (Å²) in [4.78, 5) is 42.7. The van der Waals surface area contributed by atoms with E-state index in [1.807, 2.05) is 13.0 Å². The van der Waals surface area contributed by atoms with Gasteiger partial charge in [0.05, 0.1) is 30.2 Å². The lowest BCUT2D eigenvalue weighted by atomic mass is 9.95. The van der Waals surface area contributed by atoms with Gasteiger partial charge in [-0.15, -0.1) is 0 Å². The van der Waals surface area contributed by atoms with Gasteiger partial charge in [0.25, 0.3) is 11.5 Å². The lowest BCUT2D eigenvalue weighted by molar-refractivity contribution is -0.148. The number of rotatable bonds is 7. The standard InChI is InChI=1S/C26H28N4O5S2/c1-4-29-22(28-10-8-17(9-11-28)25(33)34-5-2)19(16(3)20(14-27)23(29)31)13-21-24(32)30(26(36)37-21)15-18-7-6-12-35-18/h6-7,12-13,17H,4-5,8-11,15H2,1-3H3/b21-13-. The Morgan fingerprint density at radius 2 is 2.05 bits per heavy atom. The second-order valence-electron chi connectivity index (χ2n) is 8.76. The maximum Gasteiger partial charge on any atom is 0.309 e. The molecule has 0 atom stereocenters. The molecule has 0 spiro atoms. The molecular formula is C26H28N4O5S2. The Morgan fingerprint density at radius 1 is 1.32 bits per heavy atom. The van der Waals surface area contributed by atoms with Crippen LogP contribution in [0.25, 0.3) is 6.08 Å². The zero-order valence-electron chi connectivity index (χ0n) is 21.0. The number of hydrogen-bond acceptors (Lipinski definition) is 9. The molecule has 0 saturated carbocycles. The lowest BCUT2D eigenvalue weighted by Gasteiger charge is -2.35. The van der Waals surface area contributed by atoms with E-state index in [1.54, 1.807) is 42.9 Å². The summed E-state index contributed by atoms with van der Waals surface area (Å²) in [7, 11) is 0. The SMILES string of the molecule is CCOC(=O)C1CCN(c2c(/C=C3\SC(=S)N(Cc4ccco4)C3=O)c(C)c(C#N)c(=O)n2CC)CC1. The highest BCUT2D eigenvalue weighted by Crippen LogP contribution is 2.37. The molecule has 37 heavy (non-hydrogen) atoms. The summed E-state index contributed by atoms with van der Waals surface area (Å²) in [5, 5.41) is 9.77. The molecule has 2 fully saturated rings. The fourth-order valence-electron chi connectivity index (χ4n) is 4.69. The number of thioether (sulfide) groups is 1. The number of nitriles is 1. The Morgan fingerprint density at radius 3 is 2.65 bits per heavy atom. The average molecular weight is 541 g/mol. The molecule has 2 aromatic heterocycles. The smallest absolute Gasteiger partial charge is 0.309 e. The molecule has 4 heterocycles. The van der Waals surface area contributed by atoms with Gasteiger partial charge in [-0.05, 0) is 57.4 Å². The highest BCUT2D eigenvalue weighted by molar-refractivity contribution is 8.26. The fraction of sp³-hybridized carbons (Fsp3) is 0.423. The average Bonchev–Trinajstić information content (AvgIpc) is 3.50. The first kappa shape index (κ1) is 26.7. The summed E-state index contributed by atoms with van der Waals surface area (Å²) < 4.78 is 12.6. The molecule has 4 rings (SSSR count). The predicted octanol–water partition coefficient (Wildman–Crippen LogP) is 3.82. The van der Waals surface area contributed by atoms with Crippen LogP contribution in [0.5, 0.6) is 0 Å². The number of aromatic nitrogens is 1. The van der Waals surface area contributed by atoms with E-state index in [0.717, 1.165) is 0 Å². The summed E-state index contributed by atoms with van der Waals surface area (Å²) in [6.45, 7) is 7.34. The first-order chi connectivity index (χ1) is 17.8. The summed E-state index contributed by atoms with van der Waals surface area (Å²) in [6, 6.07) is 5.58. The molecule has 194 valence electrons. The number of esters is 1. The Bertz CT molecular complexity index is 1350. The van der Waals surface area contributed by atoms with Crippen molar-refractivity contribution in [3.05, 3.63) is 56.1 Å². The number of furan rings is 1. The van der Waals surface area contributed by atoms with Crippen LogP contribution in [-0.4, -0.2) is 45.4 Å². The van der Waals surface area contributed by atoms with Gasteiger partial charge < -0.3 is 14.1 Å². The summed E-state index contributed by atoms with van der Waals surface area (Å²) >= 11 is 6.66. The normalized spacial score (nSPS) is 17.5. The first-order valence-electron chi connectivity index (χ1n) is 12.2. The van der Waals surface area contributed by atoms with E-state index in [2.05, 4.69) is 4.90 Å². The van der Waals surface area contributed by atoms with Crippen molar-refractivity contribution in [1.29, 1.82) is 5.26 Å². The first-order valence-corrected chi connectivity index (χ1v) is 13.4. The molecule has 0 N–H and O–H groups in total. The third kappa shape index (κ3) is 5.22. The second kappa shape index (κ2) is 11.4. The zero-order chi connectivity index (χ0) is 26.7. The molecule has 1 amide bonds. The van der Waals surface area contributed by atoms with Gasteiger partial charge in [-0.1, -0.05) is 24.0 Å². The van der Waals surface area contributed by atoms with Crippen LogP contribution >= 0.6 is 24.0 Å². The van der Waals surface area contributed by atoms with Crippen molar-refractivity contribution in [2.45, 2.75) is 46.7 Å². The Labute approximate surface area is 224 Å². The third-order valence-electron chi connectivity index (χ3n) is 6.62. The molecule has 11 heteroatoms. The molecule has 2 aliphatic rings. The number of nitrogens with zero attached hydrogens (tertiary/aromatic N) is 4.